The summed E-state index contributed by atoms with van der Waals surface area (Å²) in [4.78, 5) is 14.4. The molecule has 0 amide bonds. The number of aromatic nitrogens is 4. The van der Waals surface area contributed by atoms with E-state index in [0.717, 1.165) is 11.3 Å². The van der Waals surface area contributed by atoms with Gasteiger partial charge in [-0.15, -0.1) is 0 Å². The van der Waals surface area contributed by atoms with Crippen LogP contribution in [-0.4, -0.2) is 44.5 Å². The fourth-order valence-electron chi connectivity index (χ4n) is 2.94. The fraction of sp³-hybridized carbons (Fsp3) is 0.294. The van der Waals surface area contributed by atoms with Gasteiger partial charge in [0, 0.05) is 24.4 Å². The summed E-state index contributed by atoms with van der Waals surface area (Å²) in [5.74, 6) is -2.27. The van der Waals surface area contributed by atoms with E-state index in [1.807, 2.05) is 24.3 Å². The molecule has 0 aliphatic carbocycles. The fourth-order valence-corrected chi connectivity index (χ4v) is 2.94. The average Bonchev–Trinajstić information content (AvgIpc) is 3.20. The standard InChI is InChI=1S/C17H15F2N5O/c1-24-10-17(18,19)8-14(24)16-22-15(23-25-16)13-6-5-11(9-21-13)12-4-2-3-7-20-12/h2-7,9,14H,8,10H2,1H3/t14-/m1/s1. The van der Waals surface area contributed by atoms with Crippen molar-refractivity contribution in [3.05, 3.63) is 48.6 Å². The predicted octanol–water partition coefficient (Wildman–Crippen LogP) is 3.21. The van der Waals surface area contributed by atoms with Gasteiger partial charge in [-0.1, -0.05) is 11.2 Å². The Morgan fingerprint density at radius 3 is 2.68 bits per heavy atom. The smallest absolute Gasteiger partial charge is 0.262 e. The van der Waals surface area contributed by atoms with Gasteiger partial charge in [0.15, 0.2) is 0 Å². The summed E-state index contributed by atoms with van der Waals surface area (Å²) < 4.78 is 32.2. The summed E-state index contributed by atoms with van der Waals surface area (Å²) in [6.45, 7) is -0.313. The Hall–Kier alpha value is -2.74. The second kappa shape index (κ2) is 5.96. The van der Waals surface area contributed by atoms with E-state index >= 15 is 0 Å². The minimum Gasteiger partial charge on any atom is -0.337 e. The summed E-state index contributed by atoms with van der Waals surface area (Å²) >= 11 is 0. The maximum atomic E-state index is 13.5. The lowest BCUT2D eigenvalue weighted by molar-refractivity contribution is 0.0138. The van der Waals surface area contributed by atoms with Crippen LogP contribution in [0.15, 0.2) is 47.2 Å². The molecule has 25 heavy (non-hydrogen) atoms. The van der Waals surface area contributed by atoms with Crippen molar-refractivity contribution in [2.75, 3.05) is 13.6 Å². The molecule has 0 radical (unpaired) electrons. The highest BCUT2D eigenvalue weighted by Gasteiger charge is 2.46. The molecule has 4 rings (SSSR count). The molecule has 1 saturated heterocycles. The summed E-state index contributed by atoms with van der Waals surface area (Å²) in [6, 6.07) is 8.66. The Morgan fingerprint density at radius 1 is 1.16 bits per heavy atom. The van der Waals surface area contributed by atoms with Crippen molar-refractivity contribution < 1.29 is 13.3 Å². The molecule has 0 aromatic carbocycles. The van der Waals surface area contributed by atoms with E-state index in [1.54, 1.807) is 25.5 Å². The predicted molar refractivity (Wildman–Crippen MR) is 85.7 cm³/mol. The summed E-state index contributed by atoms with van der Waals surface area (Å²) in [6.07, 6.45) is 3.06. The number of nitrogens with zero attached hydrogens (tertiary/aromatic N) is 5. The van der Waals surface area contributed by atoms with Gasteiger partial charge in [0.2, 0.25) is 11.7 Å². The lowest BCUT2D eigenvalue weighted by atomic mass is 10.2. The Balaban J connectivity index is 1.56. The van der Waals surface area contributed by atoms with Gasteiger partial charge >= 0.3 is 0 Å². The first-order valence-electron chi connectivity index (χ1n) is 7.81. The number of hydrogen-bond donors (Lipinski definition) is 0. The van der Waals surface area contributed by atoms with Crippen molar-refractivity contribution in [2.24, 2.45) is 0 Å². The summed E-state index contributed by atoms with van der Waals surface area (Å²) in [5.41, 5.74) is 2.19. The third kappa shape index (κ3) is 3.12. The lowest BCUT2D eigenvalue weighted by Gasteiger charge is -2.13. The maximum absolute atomic E-state index is 13.5. The monoisotopic (exact) mass is 343 g/mol. The van der Waals surface area contributed by atoms with Gasteiger partial charge in [-0.2, -0.15) is 4.98 Å². The maximum Gasteiger partial charge on any atom is 0.262 e. The molecule has 1 aliphatic heterocycles. The SMILES string of the molecule is CN1CC(F)(F)C[C@@H]1c1nc(-c2ccc(-c3ccccn3)cn2)no1. The van der Waals surface area contributed by atoms with Crippen molar-refractivity contribution in [3.8, 4) is 22.8 Å². The molecule has 8 heteroatoms. The van der Waals surface area contributed by atoms with Crippen molar-refractivity contribution in [2.45, 2.75) is 18.4 Å². The Morgan fingerprint density at radius 2 is 2.04 bits per heavy atom. The first-order chi connectivity index (χ1) is 12.0. The second-order valence-corrected chi connectivity index (χ2v) is 6.09. The Kier molecular flexibility index (Phi) is 3.76. The molecular weight excluding hydrogens is 328 g/mol. The minimum atomic E-state index is -2.74. The van der Waals surface area contributed by atoms with Crippen LogP contribution >= 0.6 is 0 Å². The van der Waals surface area contributed by atoms with Gasteiger partial charge < -0.3 is 4.52 Å². The molecule has 6 nitrogen and oxygen atoms in total. The average molecular weight is 343 g/mol. The van der Waals surface area contributed by atoms with Crippen molar-refractivity contribution in [3.63, 3.8) is 0 Å². The third-order valence-corrected chi connectivity index (χ3v) is 4.18. The first kappa shape index (κ1) is 15.8. The zero-order valence-electron chi connectivity index (χ0n) is 13.4. The van der Waals surface area contributed by atoms with Gasteiger partial charge in [0.25, 0.3) is 5.92 Å². The zero-order valence-corrected chi connectivity index (χ0v) is 13.4. The molecule has 128 valence electrons. The van der Waals surface area contributed by atoms with Crippen LogP contribution in [0.5, 0.6) is 0 Å². The number of hydrogen-bond acceptors (Lipinski definition) is 6. The van der Waals surface area contributed by atoms with E-state index in [2.05, 4.69) is 20.1 Å². The van der Waals surface area contributed by atoms with E-state index in [1.165, 1.54) is 4.90 Å². The Labute approximate surface area is 142 Å². The molecule has 1 fully saturated rings. The van der Waals surface area contributed by atoms with E-state index in [0.29, 0.717) is 5.69 Å². The third-order valence-electron chi connectivity index (χ3n) is 4.18. The van der Waals surface area contributed by atoms with Gasteiger partial charge in [-0.25, -0.2) is 8.78 Å². The molecule has 0 saturated carbocycles. The first-order valence-corrected chi connectivity index (χ1v) is 7.81. The molecule has 4 heterocycles. The van der Waals surface area contributed by atoms with Gasteiger partial charge in [0.1, 0.15) is 5.69 Å². The molecule has 1 atom stereocenters. The van der Waals surface area contributed by atoms with Crippen LogP contribution in [0.4, 0.5) is 8.78 Å². The molecule has 0 bridgehead atoms. The Bertz CT molecular complexity index is 866. The molecule has 0 N–H and O–H groups in total. The van der Waals surface area contributed by atoms with Crippen LogP contribution in [-0.2, 0) is 0 Å². The van der Waals surface area contributed by atoms with Crippen LogP contribution < -0.4 is 0 Å². The van der Waals surface area contributed by atoms with Crippen LogP contribution in [0, 0.1) is 0 Å². The lowest BCUT2D eigenvalue weighted by Crippen LogP contribution is -2.22. The zero-order chi connectivity index (χ0) is 17.4. The molecular formula is C17H15F2N5O. The molecule has 1 aliphatic rings. The van der Waals surface area contributed by atoms with Crippen molar-refractivity contribution >= 4 is 0 Å². The van der Waals surface area contributed by atoms with Gasteiger partial charge in [-0.3, -0.25) is 14.9 Å². The van der Waals surface area contributed by atoms with Gasteiger partial charge in [-0.05, 0) is 31.3 Å². The van der Waals surface area contributed by atoms with Crippen molar-refractivity contribution in [1.82, 2.24) is 25.0 Å². The number of pyridine rings is 2. The van der Waals surface area contributed by atoms with Crippen molar-refractivity contribution in [1.29, 1.82) is 0 Å². The second-order valence-electron chi connectivity index (χ2n) is 6.09. The van der Waals surface area contributed by atoms with E-state index in [-0.39, 0.29) is 24.7 Å². The highest BCUT2D eigenvalue weighted by molar-refractivity contribution is 5.60. The number of alkyl halides is 2. The van der Waals surface area contributed by atoms with Crippen LogP contribution in [0.3, 0.4) is 0 Å². The molecule has 0 unspecified atom stereocenters. The highest BCUT2D eigenvalue weighted by atomic mass is 19.3. The molecule has 3 aromatic heterocycles. The van der Waals surface area contributed by atoms with Crippen LogP contribution in [0.1, 0.15) is 18.4 Å². The van der Waals surface area contributed by atoms with E-state index < -0.39 is 12.0 Å². The van der Waals surface area contributed by atoms with Gasteiger partial charge in [0.05, 0.1) is 18.3 Å². The summed E-state index contributed by atoms with van der Waals surface area (Å²) in [7, 11) is 1.62. The minimum absolute atomic E-state index is 0.185. The number of halogens is 2. The molecule has 0 spiro atoms. The summed E-state index contributed by atoms with van der Waals surface area (Å²) in [5, 5.41) is 3.88. The normalized spacial score (nSPS) is 20.0. The van der Waals surface area contributed by atoms with E-state index in [9.17, 15) is 8.78 Å². The quantitative estimate of drug-likeness (QED) is 0.727. The number of likely N-dealkylation sites (tertiary alicyclic amines) is 1. The van der Waals surface area contributed by atoms with Crippen LogP contribution in [0.2, 0.25) is 0 Å². The van der Waals surface area contributed by atoms with E-state index in [4.69, 9.17) is 4.52 Å². The topological polar surface area (TPSA) is 67.9 Å². The van der Waals surface area contributed by atoms with Crippen LogP contribution in [0.25, 0.3) is 22.8 Å². The molecule has 3 aromatic rings. The largest absolute Gasteiger partial charge is 0.337 e. The number of rotatable bonds is 3. The highest BCUT2D eigenvalue weighted by Crippen LogP contribution is 2.39.